The molecule has 1 aliphatic rings. The Balaban J connectivity index is 1.62. The second kappa shape index (κ2) is 7.66. The standard InChI is InChI=1S/C19H22N2OS/c1-14(16-11-20-12-16)19(22)21-13-15-7-5-6-10-18(15)23-17-8-3-2-4-9-17/h2-10,14,16,20H,11-13H2,1H3,(H,21,22). The normalized spacial score (nSPS) is 15.7. The van der Waals surface area contributed by atoms with Gasteiger partial charge in [0.15, 0.2) is 0 Å². The van der Waals surface area contributed by atoms with E-state index < -0.39 is 0 Å². The van der Waals surface area contributed by atoms with Crippen molar-refractivity contribution in [2.75, 3.05) is 13.1 Å². The zero-order chi connectivity index (χ0) is 16.1. The summed E-state index contributed by atoms with van der Waals surface area (Å²) in [6.45, 7) is 4.51. The SMILES string of the molecule is CC(C(=O)NCc1ccccc1Sc1ccccc1)C1CNC1. The van der Waals surface area contributed by atoms with Gasteiger partial charge in [0.25, 0.3) is 0 Å². The quantitative estimate of drug-likeness (QED) is 0.856. The summed E-state index contributed by atoms with van der Waals surface area (Å²) in [5.74, 6) is 0.699. The zero-order valence-electron chi connectivity index (χ0n) is 13.3. The maximum absolute atomic E-state index is 12.3. The summed E-state index contributed by atoms with van der Waals surface area (Å²) in [7, 11) is 0. The Bertz CT molecular complexity index is 655. The van der Waals surface area contributed by atoms with Crippen LogP contribution in [0.1, 0.15) is 12.5 Å². The molecule has 0 radical (unpaired) electrons. The molecular weight excluding hydrogens is 304 g/mol. The van der Waals surface area contributed by atoms with Crippen molar-refractivity contribution in [2.24, 2.45) is 11.8 Å². The Morgan fingerprint density at radius 3 is 2.57 bits per heavy atom. The van der Waals surface area contributed by atoms with Crippen LogP contribution in [0.2, 0.25) is 0 Å². The second-order valence-corrected chi connectivity index (χ2v) is 7.06. The van der Waals surface area contributed by atoms with E-state index in [9.17, 15) is 4.79 Å². The van der Waals surface area contributed by atoms with Crippen LogP contribution in [0.3, 0.4) is 0 Å². The van der Waals surface area contributed by atoms with Crippen molar-refractivity contribution in [1.82, 2.24) is 10.6 Å². The lowest BCUT2D eigenvalue weighted by Crippen LogP contribution is -2.49. The fraction of sp³-hybridized carbons (Fsp3) is 0.316. The molecule has 1 atom stereocenters. The molecule has 3 rings (SSSR count). The third kappa shape index (κ3) is 4.15. The van der Waals surface area contributed by atoms with Crippen molar-refractivity contribution in [2.45, 2.75) is 23.3 Å². The third-order valence-electron chi connectivity index (χ3n) is 4.33. The molecule has 0 bridgehead atoms. The highest BCUT2D eigenvalue weighted by Crippen LogP contribution is 2.30. The molecule has 1 heterocycles. The number of carbonyl (C=O) groups is 1. The van der Waals surface area contributed by atoms with Gasteiger partial charge in [0.05, 0.1) is 0 Å². The molecule has 120 valence electrons. The minimum absolute atomic E-state index is 0.0742. The molecular formula is C19H22N2OS. The maximum atomic E-state index is 12.3. The number of hydrogen-bond donors (Lipinski definition) is 2. The summed E-state index contributed by atoms with van der Waals surface area (Å²) in [5, 5.41) is 6.32. The number of benzene rings is 2. The van der Waals surface area contributed by atoms with Crippen LogP contribution >= 0.6 is 11.8 Å². The third-order valence-corrected chi connectivity index (χ3v) is 5.46. The highest BCUT2D eigenvalue weighted by atomic mass is 32.2. The molecule has 1 fully saturated rings. The van der Waals surface area contributed by atoms with Crippen molar-refractivity contribution in [3.63, 3.8) is 0 Å². The van der Waals surface area contributed by atoms with Crippen molar-refractivity contribution in [1.29, 1.82) is 0 Å². The lowest BCUT2D eigenvalue weighted by atomic mass is 9.88. The van der Waals surface area contributed by atoms with E-state index in [0.717, 1.165) is 18.7 Å². The van der Waals surface area contributed by atoms with Gasteiger partial charge in [-0.2, -0.15) is 0 Å². The summed E-state index contributed by atoms with van der Waals surface area (Å²) in [4.78, 5) is 14.7. The predicted molar refractivity (Wildman–Crippen MR) is 94.4 cm³/mol. The van der Waals surface area contributed by atoms with Gasteiger partial charge in [0.2, 0.25) is 5.91 Å². The van der Waals surface area contributed by atoms with E-state index in [1.165, 1.54) is 9.79 Å². The monoisotopic (exact) mass is 326 g/mol. The predicted octanol–water partition coefficient (Wildman–Crippen LogP) is 3.31. The van der Waals surface area contributed by atoms with Crippen LogP contribution in [0.25, 0.3) is 0 Å². The molecule has 1 saturated heterocycles. The molecule has 0 aliphatic carbocycles. The van der Waals surface area contributed by atoms with Crippen LogP contribution in [0.4, 0.5) is 0 Å². The molecule has 1 aliphatic heterocycles. The Labute approximate surface area is 141 Å². The lowest BCUT2D eigenvalue weighted by molar-refractivity contribution is -0.126. The highest BCUT2D eigenvalue weighted by Gasteiger charge is 2.28. The average molecular weight is 326 g/mol. The van der Waals surface area contributed by atoms with Gasteiger partial charge in [-0.1, -0.05) is 55.1 Å². The first kappa shape index (κ1) is 16.1. The van der Waals surface area contributed by atoms with E-state index in [2.05, 4.69) is 34.9 Å². The molecule has 2 N–H and O–H groups in total. The van der Waals surface area contributed by atoms with Crippen molar-refractivity contribution in [3.05, 3.63) is 60.2 Å². The number of amides is 1. The van der Waals surface area contributed by atoms with E-state index in [1.54, 1.807) is 11.8 Å². The highest BCUT2D eigenvalue weighted by molar-refractivity contribution is 7.99. The molecule has 4 heteroatoms. The lowest BCUT2D eigenvalue weighted by Gasteiger charge is -2.31. The minimum atomic E-state index is 0.0742. The fourth-order valence-electron chi connectivity index (χ4n) is 2.59. The Morgan fingerprint density at radius 2 is 1.87 bits per heavy atom. The molecule has 0 aromatic heterocycles. The van der Waals surface area contributed by atoms with E-state index in [0.29, 0.717) is 12.5 Å². The number of carbonyl (C=O) groups excluding carboxylic acids is 1. The minimum Gasteiger partial charge on any atom is -0.352 e. The summed E-state index contributed by atoms with van der Waals surface area (Å²) < 4.78 is 0. The molecule has 1 amide bonds. The first-order chi connectivity index (χ1) is 11.2. The number of rotatable bonds is 6. The van der Waals surface area contributed by atoms with Crippen molar-refractivity contribution >= 4 is 17.7 Å². The molecule has 2 aromatic carbocycles. The summed E-state index contributed by atoms with van der Waals surface area (Å²) in [5.41, 5.74) is 1.16. The van der Waals surface area contributed by atoms with Gasteiger partial charge >= 0.3 is 0 Å². The van der Waals surface area contributed by atoms with Gasteiger partial charge in [0, 0.05) is 22.3 Å². The number of hydrogen-bond acceptors (Lipinski definition) is 3. The van der Waals surface area contributed by atoms with Crippen LogP contribution < -0.4 is 10.6 Å². The number of nitrogens with one attached hydrogen (secondary N) is 2. The van der Waals surface area contributed by atoms with Gasteiger partial charge in [-0.25, -0.2) is 0 Å². The molecule has 3 nitrogen and oxygen atoms in total. The molecule has 1 unspecified atom stereocenters. The van der Waals surface area contributed by atoms with Crippen LogP contribution in [-0.2, 0) is 11.3 Å². The molecule has 23 heavy (non-hydrogen) atoms. The van der Waals surface area contributed by atoms with Gasteiger partial charge in [0.1, 0.15) is 0 Å². The Hall–Kier alpha value is -1.78. The molecule has 0 saturated carbocycles. The van der Waals surface area contributed by atoms with Gasteiger partial charge in [-0.05, 0) is 42.8 Å². The van der Waals surface area contributed by atoms with Crippen molar-refractivity contribution < 1.29 is 4.79 Å². The van der Waals surface area contributed by atoms with Gasteiger partial charge < -0.3 is 10.6 Å². The first-order valence-electron chi connectivity index (χ1n) is 8.03. The van der Waals surface area contributed by atoms with E-state index in [-0.39, 0.29) is 11.8 Å². The Morgan fingerprint density at radius 1 is 1.17 bits per heavy atom. The summed E-state index contributed by atoms with van der Waals surface area (Å²) in [6.07, 6.45) is 0. The first-order valence-corrected chi connectivity index (χ1v) is 8.85. The van der Waals surface area contributed by atoms with Gasteiger partial charge in [-0.15, -0.1) is 0 Å². The summed E-state index contributed by atoms with van der Waals surface area (Å²) >= 11 is 1.73. The topological polar surface area (TPSA) is 41.1 Å². The van der Waals surface area contributed by atoms with Crippen LogP contribution in [0, 0.1) is 11.8 Å². The summed E-state index contributed by atoms with van der Waals surface area (Å²) in [6, 6.07) is 18.6. The molecule has 0 spiro atoms. The maximum Gasteiger partial charge on any atom is 0.223 e. The largest absolute Gasteiger partial charge is 0.352 e. The fourth-order valence-corrected chi connectivity index (χ4v) is 3.55. The van der Waals surface area contributed by atoms with E-state index >= 15 is 0 Å². The van der Waals surface area contributed by atoms with Crippen LogP contribution in [0.15, 0.2) is 64.4 Å². The average Bonchev–Trinajstić information content (AvgIpc) is 2.53. The molecule has 2 aromatic rings. The van der Waals surface area contributed by atoms with Gasteiger partial charge in [-0.3, -0.25) is 4.79 Å². The Kier molecular flexibility index (Phi) is 5.36. The smallest absolute Gasteiger partial charge is 0.223 e. The zero-order valence-corrected chi connectivity index (χ0v) is 14.1. The van der Waals surface area contributed by atoms with Crippen molar-refractivity contribution in [3.8, 4) is 0 Å². The van der Waals surface area contributed by atoms with E-state index in [4.69, 9.17) is 0 Å². The second-order valence-electron chi connectivity index (χ2n) is 5.95. The van der Waals surface area contributed by atoms with Crippen LogP contribution in [0.5, 0.6) is 0 Å². The van der Waals surface area contributed by atoms with Crippen LogP contribution in [-0.4, -0.2) is 19.0 Å². The van der Waals surface area contributed by atoms with E-state index in [1.807, 2.05) is 37.3 Å².